The van der Waals surface area contributed by atoms with E-state index in [1.165, 1.54) is 48.5 Å². The Morgan fingerprint density at radius 3 is 2.93 bits per heavy atom. The Morgan fingerprint density at radius 2 is 2.04 bits per heavy atom. The van der Waals surface area contributed by atoms with Crippen LogP contribution in [0.4, 0.5) is 0 Å². The number of morpholine rings is 1. The van der Waals surface area contributed by atoms with Crippen LogP contribution in [0.25, 0.3) is 10.7 Å². The van der Waals surface area contributed by atoms with Crippen LogP contribution in [0.5, 0.6) is 0 Å². The average Bonchev–Trinajstić information content (AvgIpc) is 3.40. The molecule has 2 aromatic heterocycles. The molecule has 5 heterocycles. The largest absolute Gasteiger partial charge is 0.376 e. The molecule has 2 aromatic rings. The summed E-state index contributed by atoms with van der Waals surface area (Å²) in [4.78, 5) is 12.7. The van der Waals surface area contributed by atoms with Gasteiger partial charge in [-0.2, -0.15) is 0 Å². The molecule has 0 saturated carbocycles. The van der Waals surface area contributed by atoms with Crippen LogP contribution in [-0.4, -0.2) is 64.3 Å². The summed E-state index contributed by atoms with van der Waals surface area (Å²) >= 11 is 1.92. The summed E-state index contributed by atoms with van der Waals surface area (Å²) in [6.45, 7) is 8.84. The van der Waals surface area contributed by atoms with E-state index in [-0.39, 0.29) is 0 Å². The van der Waals surface area contributed by atoms with E-state index >= 15 is 0 Å². The molecule has 0 spiro atoms. The van der Waals surface area contributed by atoms with Crippen LogP contribution >= 0.6 is 11.3 Å². The number of rotatable bonds is 4. The molecule has 146 valence electrons. The number of aromatic nitrogens is 2. The minimum absolute atomic E-state index is 0.358. The first kappa shape index (κ1) is 17.9. The van der Waals surface area contributed by atoms with Crippen molar-refractivity contribution in [2.75, 3.05) is 32.8 Å². The zero-order valence-electron chi connectivity index (χ0n) is 16.2. The van der Waals surface area contributed by atoms with Gasteiger partial charge in [0.1, 0.15) is 5.82 Å². The molecular formula is C21H30N4OS. The average molecular weight is 387 g/mol. The van der Waals surface area contributed by atoms with Crippen molar-refractivity contribution in [3.63, 3.8) is 0 Å². The Bertz CT molecular complexity index is 766. The zero-order chi connectivity index (χ0) is 18.2. The molecule has 3 aliphatic heterocycles. The number of likely N-dealkylation sites (tertiary alicyclic amines) is 1. The maximum atomic E-state index is 5.88. The molecule has 0 bridgehead atoms. The van der Waals surface area contributed by atoms with E-state index in [1.807, 2.05) is 17.5 Å². The minimum Gasteiger partial charge on any atom is -0.376 e. The van der Waals surface area contributed by atoms with Crippen molar-refractivity contribution in [1.82, 2.24) is 19.4 Å². The number of hydrogen-bond acceptors (Lipinski definition) is 5. The summed E-state index contributed by atoms with van der Waals surface area (Å²) in [5.41, 5.74) is 0. The summed E-state index contributed by atoms with van der Waals surface area (Å²) in [7, 11) is 0. The van der Waals surface area contributed by atoms with E-state index in [4.69, 9.17) is 9.72 Å². The molecule has 5 rings (SSSR count). The van der Waals surface area contributed by atoms with Gasteiger partial charge in [0.05, 0.1) is 17.6 Å². The van der Waals surface area contributed by atoms with Crippen molar-refractivity contribution >= 4 is 11.3 Å². The monoisotopic (exact) mass is 386 g/mol. The van der Waals surface area contributed by atoms with E-state index in [0.29, 0.717) is 18.2 Å². The first-order valence-electron chi connectivity index (χ1n) is 10.5. The van der Waals surface area contributed by atoms with Crippen molar-refractivity contribution in [1.29, 1.82) is 0 Å². The minimum atomic E-state index is 0.358. The van der Waals surface area contributed by atoms with Crippen LogP contribution in [0.2, 0.25) is 0 Å². The second-order valence-electron chi connectivity index (χ2n) is 8.40. The molecule has 27 heavy (non-hydrogen) atoms. The highest BCUT2D eigenvalue weighted by atomic mass is 32.1. The van der Waals surface area contributed by atoms with Crippen molar-refractivity contribution in [2.45, 2.75) is 57.3 Å². The van der Waals surface area contributed by atoms with Crippen molar-refractivity contribution in [3.05, 3.63) is 29.4 Å². The van der Waals surface area contributed by atoms with E-state index in [2.05, 4.69) is 39.6 Å². The van der Waals surface area contributed by atoms with Gasteiger partial charge in [-0.3, -0.25) is 9.80 Å². The Labute approximate surface area is 165 Å². The van der Waals surface area contributed by atoms with Crippen molar-refractivity contribution < 1.29 is 4.74 Å². The van der Waals surface area contributed by atoms with Gasteiger partial charge in [0.2, 0.25) is 0 Å². The number of piperidine rings is 1. The summed E-state index contributed by atoms with van der Waals surface area (Å²) in [5, 5.41) is 0. The Morgan fingerprint density at radius 1 is 1.15 bits per heavy atom. The molecule has 0 amide bonds. The number of imidazole rings is 1. The molecule has 3 saturated heterocycles. The predicted octanol–water partition coefficient (Wildman–Crippen LogP) is 3.63. The molecular weight excluding hydrogens is 356 g/mol. The molecule has 0 aliphatic carbocycles. The number of thiophene rings is 1. The third kappa shape index (κ3) is 3.73. The van der Waals surface area contributed by atoms with Crippen LogP contribution < -0.4 is 0 Å². The summed E-state index contributed by atoms with van der Waals surface area (Å²) in [5.74, 6) is 1.14. The number of fused-ring (bicyclic) bond motifs is 1. The zero-order valence-corrected chi connectivity index (χ0v) is 17.0. The third-order valence-corrected chi connectivity index (χ3v) is 7.41. The van der Waals surface area contributed by atoms with E-state index in [0.717, 1.165) is 32.1 Å². The summed E-state index contributed by atoms with van der Waals surface area (Å²) < 4.78 is 8.29. The lowest BCUT2D eigenvalue weighted by Crippen LogP contribution is -2.44. The highest BCUT2D eigenvalue weighted by Crippen LogP contribution is 2.35. The smallest absolute Gasteiger partial charge is 0.150 e. The SMILES string of the molecule is C[C@@H]1CN2C[C@H](n3ccnc3-c3ccc(CN4CCCCC4)s3)C[C@H]2CO1. The molecule has 0 unspecified atom stereocenters. The fourth-order valence-corrected chi connectivity index (χ4v) is 5.98. The third-order valence-electron chi connectivity index (χ3n) is 6.34. The Kier molecular flexibility index (Phi) is 5.07. The van der Waals surface area contributed by atoms with E-state index < -0.39 is 0 Å². The Hall–Kier alpha value is -1.21. The fourth-order valence-electron chi connectivity index (χ4n) is 4.93. The number of nitrogens with zero attached hydrogens (tertiary/aromatic N) is 4. The first-order valence-corrected chi connectivity index (χ1v) is 11.3. The van der Waals surface area contributed by atoms with Gasteiger partial charge in [-0.05, 0) is 51.4 Å². The lowest BCUT2D eigenvalue weighted by Gasteiger charge is -2.33. The molecule has 0 radical (unpaired) electrons. The van der Waals surface area contributed by atoms with Gasteiger partial charge in [0.15, 0.2) is 0 Å². The highest BCUT2D eigenvalue weighted by molar-refractivity contribution is 7.15. The topological polar surface area (TPSA) is 33.5 Å². The van der Waals surface area contributed by atoms with Gasteiger partial charge < -0.3 is 9.30 Å². The highest BCUT2D eigenvalue weighted by Gasteiger charge is 2.37. The molecule has 3 atom stereocenters. The quantitative estimate of drug-likeness (QED) is 0.803. The second kappa shape index (κ2) is 7.66. The lowest BCUT2D eigenvalue weighted by atomic mass is 10.1. The Balaban J connectivity index is 1.30. The molecule has 3 aliphatic rings. The van der Waals surface area contributed by atoms with Gasteiger partial charge in [0.25, 0.3) is 0 Å². The summed E-state index contributed by atoms with van der Waals surface area (Å²) in [6.07, 6.45) is 9.77. The van der Waals surface area contributed by atoms with Gasteiger partial charge >= 0.3 is 0 Å². The maximum Gasteiger partial charge on any atom is 0.150 e. The van der Waals surface area contributed by atoms with Crippen LogP contribution in [0.15, 0.2) is 24.5 Å². The molecule has 0 N–H and O–H groups in total. The van der Waals surface area contributed by atoms with Crippen LogP contribution in [-0.2, 0) is 11.3 Å². The van der Waals surface area contributed by atoms with Crippen molar-refractivity contribution in [2.24, 2.45) is 0 Å². The van der Waals surface area contributed by atoms with Gasteiger partial charge in [-0.15, -0.1) is 11.3 Å². The summed E-state index contributed by atoms with van der Waals surface area (Å²) in [6, 6.07) is 5.66. The first-order chi connectivity index (χ1) is 13.3. The fraction of sp³-hybridized carbons (Fsp3) is 0.667. The van der Waals surface area contributed by atoms with Crippen LogP contribution in [0.3, 0.4) is 0 Å². The van der Waals surface area contributed by atoms with Gasteiger partial charge in [-0.1, -0.05) is 6.42 Å². The molecule has 3 fully saturated rings. The molecule has 6 heteroatoms. The standard InChI is InChI=1S/C21H30N4OS/c1-16-12-24-13-17(11-18(24)15-26-16)25-10-7-22-21(25)20-6-5-19(27-20)14-23-8-3-2-4-9-23/h5-7,10,16-18H,2-4,8-9,11-15H2,1H3/t16-,17-,18+/m1/s1. The molecule has 0 aromatic carbocycles. The lowest BCUT2D eigenvalue weighted by molar-refractivity contribution is -0.0390. The predicted molar refractivity (Wildman–Crippen MR) is 109 cm³/mol. The van der Waals surface area contributed by atoms with Gasteiger partial charge in [-0.25, -0.2) is 4.98 Å². The van der Waals surface area contributed by atoms with E-state index in [1.54, 1.807) is 0 Å². The maximum absolute atomic E-state index is 5.88. The van der Waals surface area contributed by atoms with Crippen LogP contribution in [0, 0.1) is 0 Å². The van der Waals surface area contributed by atoms with Crippen LogP contribution in [0.1, 0.15) is 43.5 Å². The van der Waals surface area contributed by atoms with Gasteiger partial charge in [0, 0.05) is 49.0 Å². The second-order valence-corrected chi connectivity index (χ2v) is 9.57. The normalized spacial score (nSPS) is 29.9. The molecule has 5 nitrogen and oxygen atoms in total. The van der Waals surface area contributed by atoms with E-state index in [9.17, 15) is 0 Å². The number of ether oxygens (including phenoxy) is 1. The van der Waals surface area contributed by atoms with Crippen molar-refractivity contribution in [3.8, 4) is 10.7 Å². The number of hydrogen-bond donors (Lipinski definition) is 0.